The molecular formula is C15H23N5O2S2. The summed E-state index contributed by atoms with van der Waals surface area (Å²) >= 11 is 1.26. The van der Waals surface area contributed by atoms with Gasteiger partial charge in [-0.15, -0.1) is 11.3 Å². The Morgan fingerprint density at radius 1 is 1.17 bits per heavy atom. The first kappa shape index (κ1) is 18.5. The van der Waals surface area contributed by atoms with Crippen LogP contribution in [-0.2, 0) is 16.6 Å². The van der Waals surface area contributed by atoms with Crippen LogP contribution in [0.25, 0.3) is 0 Å². The predicted octanol–water partition coefficient (Wildman–Crippen LogP) is 1.00. The Morgan fingerprint density at radius 3 is 2.50 bits per heavy atom. The number of thiophene rings is 1. The van der Waals surface area contributed by atoms with E-state index in [2.05, 4.69) is 24.9 Å². The van der Waals surface area contributed by atoms with Gasteiger partial charge in [-0.05, 0) is 31.2 Å². The van der Waals surface area contributed by atoms with Gasteiger partial charge in [-0.3, -0.25) is 4.99 Å². The Hall–Kier alpha value is -1.84. The standard InChI is InChI=1S/C15H23N5O2S2/c1-13-5-6-14(23-13)24(21,22)19-8-7-17-15(16-2)18-9-12-20-10-3-4-11-20/h3-6,10-11,19H,7-9,12H2,1-2H3,(H2,16,17,18). The molecular weight excluding hydrogens is 346 g/mol. The summed E-state index contributed by atoms with van der Waals surface area (Å²) in [6.07, 6.45) is 4.00. The minimum Gasteiger partial charge on any atom is -0.355 e. The second-order valence-corrected chi connectivity index (χ2v) is 8.39. The number of aromatic nitrogens is 1. The van der Waals surface area contributed by atoms with Crippen molar-refractivity contribution in [2.75, 3.05) is 26.7 Å². The lowest BCUT2D eigenvalue weighted by molar-refractivity contribution is 0.582. The third-order valence-electron chi connectivity index (χ3n) is 3.24. The summed E-state index contributed by atoms with van der Waals surface area (Å²) in [4.78, 5) is 5.09. The van der Waals surface area contributed by atoms with E-state index in [0.29, 0.717) is 16.7 Å². The largest absolute Gasteiger partial charge is 0.355 e. The number of aliphatic imine (C=N–C) groups is 1. The zero-order valence-corrected chi connectivity index (χ0v) is 15.5. The lowest BCUT2D eigenvalue weighted by Crippen LogP contribution is -2.42. The van der Waals surface area contributed by atoms with Gasteiger partial charge >= 0.3 is 0 Å². The van der Waals surface area contributed by atoms with Crippen molar-refractivity contribution in [1.29, 1.82) is 0 Å². The van der Waals surface area contributed by atoms with E-state index in [9.17, 15) is 8.42 Å². The van der Waals surface area contributed by atoms with Crippen LogP contribution >= 0.6 is 11.3 Å². The zero-order chi connectivity index (χ0) is 17.4. The maximum Gasteiger partial charge on any atom is 0.250 e. The van der Waals surface area contributed by atoms with Crippen LogP contribution < -0.4 is 15.4 Å². The molecule has 0 aliphatic carbocycles. The van der Waals surface area contributed by atoms with Crippen molar-refractivity contribution in [2.45, 2.75) is 17.7 Å². The average molecular weight is 370 g/mol. The minimum atomic E-state index is -3.43. The van der Waals surface area contributed by atoms with E-state index in [1.165, 1.54) is 11.3 Å². The van der Waals surface area contributed by atoms with Gasteiger partial charge in [0.1, 0.15) is 4.21 Å². The summed E-state index contributed by atoms with van der Waals surface area (Å²) in [5.41, 5.74) is 0. The highest BCUT2D eigenvalue weighted by atomic mass is 32.2. The molecule has 132 valence electrons. The van der Waals surface area contributed by atoms with Gasteiger partial charge in [0.15, 0.2) is 5.96 Å². The molecule has 0 fully saturated rings. The van der Waals surface area contributed by atoms with E-state index in [1.807, 2.05) is 31.5 Å². The quantitative estimate of drug-likeness (QED) is 0.368. The summed E-state index contributed by atoms with van der Waals surface area (Å²) in [7, 11) is -1.74. The fourth-order valence-corrected chi connectivity index (χ4v) is 4.40. The molecule has 0 saturated heterocycles. The van der Waals surface area contributed by atoms with Crippen LogP contribution in [0.1, 0.15) is 4.88 Å². The van der Waals surface area contributed by atoms with Crippen LogP contribution in [0.4, 0.5) is 0 Å². The number of sulfonamides is 1. The van der Waals surface area contributed by atoms with Crippen LogP contribution in [0.5, 0.6) is 0 Å². The Balaban J connectivity index is 1.68. The molecule has 0 amide bonds. The summed E-state index contributed by atoms with van der Waals surface area (Å²) in [5, 5.41) is 6.27. The molecule has 0 aliphatic heterocycles. The van der Waals surface area contributed by atoms with Crippen molar-refractivity contribution in [3.8, 4) is 0 Å². The molecule has 0 saturated carbocycles. The van der Waals surface area contributed by atoms with Crippen molar-refractivity contribution in [2.24, 2.45) is 4.99 Å². The number of rotatable bonds is 8. The van der Waals surface area contributed by atoms with Gasteiger partial charge in [0.05, 0.1) is 0 Å². The Bertz CT molecular complexity index is 751. The number of aryl methyl sites for hydroxylation is 1. The van der Waals surface area contributed by atoms with Crippen LogP contribution in [0.3, 0.4) is 0 Å². The Labute approximate surface area is 146 Å². The Kier molecular flexibility index (Phi) is 6.83. The van der Waals surface area contributed by atoms with E-state index in [4.69, 9.17) is 0 Å². The first-order chi connectivity index (χ1) is 11.5. The summed E-state index contributed by atoms with van der Waals surface area (Å²) in [6.45, 7) is 4.19. The van der Waals surface area contributed by atoms with E-state index in [1.54, 1.807) is 19.2 Å². The first-order valence-corrected chi connectivity index (χ1v) is 9.92. The molecule has 0 atom stereocenters. The van der Waals surface area contributed by atoms with Gasteiger partial charge in [-0.2, -0.15) is 0 Å². The fraction of sp³-hybridized carbons (Fsp3) is 0.400. The molecule has 3 N–H and O–H groups in total. The van der Waals surface area contributed by atoms with Crippen molar-refractivity contribution in [3.05, 3.63) is 41.5 Å². The van der Waals surface area contributed by atoms with E-state index in [-0.39, 0.29) is 6.54 Å². The molecule has 0 bridgehead atoms. The number of hydrogen-bond donors (Lipinski definition) is 3. The molecule has 2 aromatic heterocycles. The molecule has 2 heterocycles. The molecule has 0 unspecified atom stereocenters. The number of nitrogens with zero attached hydrogens (tertiary/aromatic N) is 2. The lowest BCUT2D eigenvalue weighted by Gasteiger charge is -2.12. The molecule has 0 spiro atoms. The number of guanidine groups is 1. The average Bonchev–Trinajstić information content (AvgIpc) is 3.21. The van der Waals surface area contributed by atoms with Crippen molar-refractivity contribution >= 4 is 27.3 Å². The summed E-state index contributed by atoms with van der Waals surface area (Å²) in [5.74, 6) is 0.647. The SMILES string of the molecule is CN=C(NCCNS(=O)(=O)c1ccc(C)s1)NCCn1cccc1. The highest BCUT2D eigenvalue weighted by Gasteiger charge is 2.15. The van der Waals surface area contributed by atoms with Crippen molar-refractivity contribution in [1.82, 2.24) is 19.9 Å². The third kappa shape index (κ3) is 5.66. The monoisotopic (exact) mass is 369 g/mol. The van der Waals surface area contributed by atoms with Crippen LogP contribution in [-0.4, -0.2) is 45.6 Å². The predicted molar refractivity (Wildman–Crippen MR) is 98.0 cm³/mol. The minimum absolute atomic E-state index is 0.289. The highest BCUT2D eigenvalue weighted by Crippen LogP contribution is 2.19. The molecule has 9 heteroatoms. The smallest absolute Gasteiger partial charge is 0.250 e. The third-order valence-corrected chi connectivity index (χ3v) is 6.20. The van der Waals surface area contributed by atoms with Gasteiger partial charge < -0.3 is 15.2 Å². The van der Waals surface area contributed by atoms with Gasteiger partial charge in [-0.1, -0.05) is 0 Å². The normalized spacial score (nSPS) is 12.3. The lowest BCUT2D eigenvalue weighted by atomic mass is 10.5. The van der Waals surface area contributed by atoms with Crippen molar-refractivity contribution < 1.29 is 8.42 Å². The number of hydrogen-bond acceptors (Lipinski definition) is 4. The van der Waals surface area contributed by atoms with Crippen LogP contribution in [0.15, 0.2) is 45.9 Å². The molecule has 0 aromatic carbocycles. The highest BCUT2D eigenvalue weighted by molar-refractivity contribution is 7.91. The van der Waals surface area contributed by atoms with Gasteiger partial charge in [0.2, 0.25) is 10.0 Å². The summed E-state index contributed by atoms with van der Waals surface area (Å²) in [6, 6.07) is 7.38. The maximum absolute atomic E-state index is 12.1. The number of nitrogens with one attached hydrogen (secondary N) is 3. The molecule has 24 heavy (non-hydrogen) atoms. The Morgan fingerprint density at radius 2 is 1.88 bits per heavy atom. The molecule has 7 nitrogen and oxygen atoms in total. The topological polar surface area (TPSA) is 87.5 Å². The van der Waals surface area contributed by atoms with Crippen LogP contribution in [0, 0.1) is 6.92 Å². The van der Waals surface area contributed by atoms with Crippen molar-refractivity contribution in [3.63, 3.8) is 0 Å². The fourth-order valence-electron chi connectivity index (χ4n) is 2.04. The second-order valence-electron chi connectivity index (χ2n) is 5.11. The molecule has 2 aromatic rings. The van der Waals surface area contributed by atoms with E-state index in [0.717, 1.165) is 18.0 Å². The molecule has 2 rings (SSSR count). The van der Waals surface area contributed by atoms with Gasteiger partial charge in [0.25, 0.3) is 0 Å². The van der Waals surface area contributed by atoms with Crippen LogP contribution in [0.2, 0.25) is 0 Å². The zero-order valence-electron chi connectivity index (χ0n) is 13.8. The second kappa shape index (κ2) is 8.86. The maximum atomic E-state index is 12.1. The molecule has 0 radical (unpaired) electrons. The summed E-state index contributed by atoms with van der Waals surface area (Å²) < 4.78 is 29.2. The first-order valence-electron chi connectivity index (χ1n) is 7.62. The van der Waals surface area contributed by atoms with E-state index >= 15 is 0 Å². The van der Waals surface area contributed by atoms with E-state index < -0.39 is 10.0 Å². The molecule has 0 aliphatic rings. The van der Waals surface area contributed by atoms with Gasteiger partial charge in [-0.25, -0.2) is 13.1 Å². The van der Waals surface area contributed by atoms with Gasteiger partial charge in [0, 0.05) is 50.5 Å².